The van der Waals surface area contributed by atoms with Crippen molar-refractivity contribution in [1.29, 1.82) is 0 Å². The van der Waals surface area contributed by atoms with Crippen molar-refractivity contribution in [3.05, 3.63) is 0 Å². The van der Waals surface area contributed by atoms with Crippen LogP contribution in [0.25, 0.3) is 0 Å². The predicted octanol–water partition coefficient (Wildman–Crippen LogP) is -2.02. The number of methoxy groups -OCH3 is 2. The van der Waals surface area contributed by atoms with Gasteiger partial charge in [0.1, 0.15) is 12.6 Å². The fraction of sp³-hybridized carbons (Fsp3) is 0.692. The molecule has 23 heavy (non-hydrogen) atoms. The van der Waals surface area contributed by atoms with Crippen molar-refractivity contribution < 1.29 is 33.8 Å². The number of aliphatic hydroxyl groups excluding tert-OH is 1. The van der Waals surface area contributed by atoms with Gasteiger partial charge in [0.2, 0.25) is 11.8 Å². The SMILES string of the molecule is COC(=O)NCC(=O)N1CCCC1C(=O)NC(CO)C(=O)OC. The molecule has 3 N–H and O–H groups in total. The van der Waals surface area contributed by atoms with Gasteiger partial charge in [0.25, 0.3) is 0 Å². The van der Waals surface area contributed by atoms with E-state index in [1.807, 2.05) is 0 Å². The first kappa shape index (κ1) is 18.7. The molecule has 10 nitrogen and oxygen atoms in total. The minimum absolute atomic E-state index is 0.295. The average Bonchev–Trinajstić information content (AvgIpc) is 3.05. The van der Waals surface area contributed by atoms with E-state index in [0.29, 0.717) is 19.4 Å². The van der Waals surface area contributed by atoms with Gasteiger partial charge in [0.05, 0.1) is 20.8 Å². The lowest BCUT2D eigenvalue weighted by Gasteiger charge is -2.25. The van der Waals surface area contributed by atoms with Gasteiger partial charge in [-0.15, -0.1) is 0 Å². The first-order valence-corrected chi connectivity index (χ1v) is 7.05. The maximum atomic E-state index is 12.2. The van der Waals surface area contributed by atoms with Crippen molar-refractivity contribution in [2.75, 3.05) is 33.9 Å². The monoisotopic (exact) mass is 331 g/mol. The van der Waals surface area contributed by atoms with Gasteiger partial charge < -0.3 is 30.1 Å². The maximum absolute atomic E-state index is 12.2. The van der Waals surface area contributed by atoms with Gasteiger partial charge in [-0.2, -0.15) is 0 Å². The third-order valence-electron chi connectivity index (χ3n) is 3.43. The smallest absolute Gasteiger partial charge is 0.407 e. The standard InChI is InChI=1S/C13H21N3O7/c1-22-12(20)8(7-17)15-11(19)9-4-3-5-16(9)10(18)6-14-13(21)23-2/h8-9,17H,3-7H2,1-2H3,(H,14,21)(H,15,19). The summed E-state index contributed by atoms with van der Waals surface area (Å²) in [6, 6.07) is -1.95. The number of hydrogen-bond acceptors (Lipinski definition) is 7. The number of esters is 1. The quantitative estimate of drug-likeness (QED) is 0.478. The number of nitrogens with one attached hydrogen (secondary N) is 2. The van der Waals surface area contributed by atoms with Crippen LogP contribution in [0, 0.1) is 0 Å². The Hall–Kier alpha value is -2.36. The summed E-state index contributed by atoms with van der Waals surface area (Å²) in [4.78, 5) is 47.9. The Balaban J connectivity index is 2.63. The van der Waals surface area contributed by atoms with Crippen LogP contribution < -0.4 is 10.6 Å². The molecule has 1 aliphatic rings. The second-order valence-corrected chi connectivity index (χ2v) is 4.86. The van der Waals surface area contributed by atoms with Crippen LogP contribution in [0.3, 0.4) is 0 Å². The van der Waals surface area contributed by atoms with Crippen molar-refractivity contribution in [1.82, 2.24) is 15.5 Å². The molecular weight excluding hydrogens is 310 g/mol. The lowest BCUT2D eigenvalue weighted by Crippen LogP contribution is -2.53. The fourth-order valence-corrected chi connectivity index (χ4v) is 2.25. The summed E-state index contributed by atoms with van der Waals surface area (Å²) in [5.74, 6) is -1.77. The summed E-state index contributed by atoms with van der Waals surface area (Å²) in [5.41, 5.74) is 0. The third kappa shape index (κ3) is 5.09. The zero-order valence-corrected chi connectivity index (χ0v) is 13.0. The molecule has 2 unspecified atom stereocenters. The van der Waals surface area contributed by atoms with Gasteiger partial charge in [-0.05, 0) is 12.8 Å². The van der Waals surface area contributed by atoms with Crippen LogP contribution in [0.2, 0.25) is 0 Å². The number of nitrogens with zero attached hydrogens (tertiary/aromatic N) is 1. The minimum atomic E-state index is -1.18. The van der Waals surface area contributed by atoms with E-state index in [0.717, 1.165) is 7.11 Å². The Morgan fingerprint density at radius 1 is 1.26 bits per heavy atom. The summed E-state index contributed by atoms with van der Waals surface area (Å²) in [6.07, 6.45) is 0.295. The summed E-state index contributed by atoms with van der Waals surface area (Å²) >= 11 is 0. The lowest BCUT2D eigenvalue weighted by molar-refractivity contribution is -0.147. The third-order valence-corrected chi connectivity index (χ3v) is 3.43. The van der Waals surface area contributed by atoms with E-state index in [-0.39, 0.29) is 6.54 Å². The predicted molar refractivity (Wildman–Crippen MR) is 76.2 cm³/mol. The van der Waals surface area contributed by atoms with E-state index < -0.39 is 42.6 Å². The number of aliphatic hydroxyl groups is 1. The minimum Gasteiger partial charge on any atom is -0.467 e. The molecule has 0 spiro atoms. The Morgan fingerprint density at radius 3 is 2.52 bits per heavy atom. The Bertz CT molecular complexity index is 468. The lowest BCUT2D eigenvalue weighted by atomic mass is 10.2. The molecule has 130 valence electrons. The Morgan fingerprint density at radius 2 is 1.96 bits per heavy atom. The molecule has 0 radical (unpaired) electrons. The molecule has 1 saturated heterocycles. The highest BCUT2D eigenvalue weighted by molar-refractivity contribution is 5.92. The number of hydrogen-bond donors (Lipinski definition) is 3. The molecule has 0 saturated carbocycles. The molecule has 10 heteroatoms. The fourth-order valence-electron chi connectivity index (χ4n) is 2.25. The molecule has 1 fully saturated rings. The number of alkyl carbamates (subject to hydrolysis) is 1. The molecule has 0 aliphatic carbocycles. The molecule has 0 aromatic rings. The highest BCUT2D eigenvalue weighted by Crippen LogP contribution is 2.17. The number of ether oxygens (including phenoxy) is 2. The maximum Gasteiger partial charge on any atom is 0.407 e. The van der Waals surface area contributed by atoms with E-state index in [9.17, 15) is 19.2 Å². The Labute approximate surface area is 133 Å². The van der Waals surface area contributed by atoms with E-state index in [1.54, 1.807) is 0 Å². The molecule has 0 aromatic heterocycles. The number of carbonyl (C=O) groups is 4. The van der Waals surface area contributed by atoms with Gasteiger partial charge in [-0.1, -0.05) is 0 Å². The van der Waals surface area contributed by atoms with Crippen LogP contribution in [0.15, 0.2) is 0 Å². The van der Waals surface area contributed by atoms with Crippen molar-refractivity contribution in [3.8, 4) is 0 Å². The number of likely N-dealkylation sites (tertiary alicyclic amines) is 1. The normalized spacial score (nSPS) is 18.0. The van der Waals surface area contributed by atoms with Crippen molar-refractivity contribution in [3.63, 3.8) is 0 Å². The topological polar surface area (TPSA) is 134 Å². The van der Waals surface area contributed by atoms with Crippen LogP contribution in [0.4, 0.5) is 4.79 Å². The van der Waals surface area contributed by atoms with E-state index >= 15 is 0 Å². The molecule has 1 heterocycles. The van der Waals surface area contributed by atoms with E-state index in [1.165, 1.54) is 12.0 Å². The van der Waals surface area contributed by atoms with Gasteiger partial charge in [-0.3, -0.25) is 9.59 Å². The summed E-state index contributed by atoms with van der Waals surface area (Å²) in [6.45, 7) is -0.540. The second kappa shape index (κ2) is 8.93. The highest BCUT2D eigenvalue weighted by atomic mass is 16.5. The molecule has 3 amide bonds. The molecule has 1 rings (SSSR count). The van der Waals surface area contributed by atoms with Gasteiger partial charge in [0.15, 0.2) is 6.04 Å². The molecular formula is C13H21N3O7. The summed E-state index contributed by atoms with van der Waals surface area (Å²) in [7, 11) is 2.31. The number of rotatable bonds is 6. The summed E-state index contributed by atoms with van der Waals surface area (Å²) in [5, 5.41) is 13.7. The van der Waals surface area contributed by atoms with Crippen molar-refractivity contribution >= 4 is 23.9 Å². The van der Waals surface area contributed by atoms with Crippen molar-refractivity contribution in [2.24, 2.45) is 0 Å². The molecule has 0 bridgehead atoms. The summed E-state index contributed by atoms with van der Waals surface area (Å²) < 4.78 is 8.83. The van der Waals surface area contributed by atoms with E-state index in [4.69, 9.17) is 5.11 Å². The highest BCUT2D eigenvalue weighted by Gasteiger charge is 2.35. The van der Waals surface area contributed by atoms with Crippen LogP contribution in [-0.4, -0.2) is 79.9 Å². The molecule has 2 atom stereocenters. The second-order valence-electron chi connectivity index (χ2n) is 4.86. The zero-order chi connectivity index (χ0) is 17.4. The average molecular weight is 331 g/mol. The zero-order valence-electron chi connectivity index (χ0n) is 13.0. The van der Waals surface area contributed by atoms with E-state index in [2.05, 4.69) is 20.1 Å². The number of amides is 3. The molecule has 1 aliphatic heterocycles. The first-order chi connectivity index (χ1) is 10.9. The molecule has 0 aromatic carbocycles. The largest absolute Gasteiger partial charge is 0.467 e. The first-order valence-electron chi connectivity index (χ1n) is 7.05. The van der Waals surface area contributed by atoms with Crippen LogP contribution in [0.1, 0.15) is 12.8 Å². The van der Waals surface area contributed by atoms with Crippen molar-refractivity contribution in [2.45, 2.75) is 24.9 Å². The van der Waals surface area contributed by atoms with Crippen LogP contribution in [0.5, 0.6) is 0 Å². The Kier molecular flexibility index (Phi) is 7.26. The number of carbonyl (C=O) groups excluding carboxylic acids is 4. The van der Waals surface area contributed by atoms with Gasteiger partial charge in [0, 0.05) is 6.54 Å². The van der Waals surface area contributed by atoms with Crippen LogP contribution >= 0.6 is 0 Å². The van der Waals surface area contributed by atoms with Gasteiger partial charge in [-0.25, -0.2) is 9.59 Å². The van der Waals surface area contributed by atoms with Crippen LogP contribution in [-0.2, 0) is 23.9 Å². The van der Waals surface area contributed by atoms with Gasteiger partial charge >= 0.3 is 12.1 Å².